The minimum Gasteiger partial charge on any atom is -0.478 e. The molecule has 0 amide bonds. The Morgan fingerprint density at radius 2 is 2.05 bits per heavy atom. The lowest BCUT2D eigenvalue weighted by molar-refractivity contribution is 0.178. The van der Waals surface area contributed by atoms with Crippen LogP contribution in [0.4, 0.5) is 0 Å². The lowest BCUT2D eigenvalue weighted by Crippen LogP contribution is -2.18. The van der Waals surface area contributed by atoms with Gasteiger partial charge in [-0.3, -0.25) is 9.69 Å². The van der Waals surface area contributed by atoms with Crippen molar-refractivity contribution in [1.82, 2.24) is 15.1 Å². The number of hydrogen-bond acceptors (Lipinski definition) is 4. The second-order valence-corrected chi connectivity index (χ2v) is 4.64. The van der Waals surface area contributed by atoms with E-state index in [1.807, 2.05) is 44.1 Å². The summed E-state index contributed by atoms with van der Waals surface area (Å²) in [7, 11) is 3.90. The monoisotopic (exact) mass is 259 g/mol. The third kappa shape index (κ3) is 3.42. The predicted octanol–water partition coefficient (Wildman–Crippen LogP) is 1.64. The van der Waals surface area contributed by atoms with Gasteiger partial charge in [0, 0.05) is 11.6 Å². The molecule has 1 heterocycles. The van der Waals surface area contributed by atoms with E-state index >= 15 is 0 Å². The molecule has 0 spiro atoms. The molecule has 19 heavy (non-hydrogen) atoms. The highest BCUT2D eigenvalue weighted by Gasteiger charge is 2.05. The predicted molar refractivity (Wildman–Crippen MR) is 74.2 cm³/mol. The van der Waals surface area contributed by atoms with Crippen molar-refractivity contribution < 1.29 is 4.74 Å². The van der Waals surface area contributed by atoms with Crippen LogP contribution < -0.4 is 10.3 Å². The molecule has 2 aromatic rings. The van der Waals surface area contributed by atoms with Crippen molar-refractivity contribution >= 4 is 0 Å². The van der Waals surface area contributed by atoms with Gasteiger partial charge < -0.3 is 4.74 Å². The van der Waals surface area contributed by atoms with Crippen LogP contribution in [0.25, 0.3) is 11.3 Å². The minimum atomic E-state index is -0.202. The number of benzene rings is 1. The number of H-pyrrole nitrogens is 1. The van der Waals surface area contributed by atoms with Gasteiger partial charge in [0.1, 0.15) is 12.5 Å². The Morgan fingerprint density at radius 1 is 1.26 bits per heavy atom. The number of aryl methyl sites for hydroxylation is 1. The Bertz CT molecular complexity index is 600. The van der Waals surface area contributed by atoms with E-state index in [9.17, 15) is 4.79 Å². The van der Waals surface area contributed by atoms with Gasteiger partial charge in [0.15, 0.2) is 0 Å². The Balaban J connectivity index is 2.23. The average molecular weight is 259 g/mol. The molecular weight excluding hydrogens is 242 g/mol. The van der Waals surface area contributed by atoms with E-state index < -0.39 is 0 Å². The lowest BCUT2D eigenvalue weighted by Gasteiger charge is -2.14. The highest BCUT2D eigenvalue weighted by atomic mass is 16.5. The first-order valence-corrected chi connectivity index (χ1v) is 6.00. The van der Waals surface area contributed by atoms with Crippen LogP contribution in [0, 0.1) is 6.92 Å². The van der Waals surface area contributed by atoms with Crippen molar-refractivity contribution in [3.05, 3.63) is 46.2 Å². The standard InChI is InChI=1S/C14H17N3O2/c1-10-8-11(12-5-7-14(18)16-15-12)4-6-13(10)19-9-17(2)3/h4-8H,9H2,1-3H3,(H,16,18). The highest BCUT2D eigenvalue weighted by Crippen LogP contribution is 2.24. The van der Waals surface area contributed by atoms with E-state index in [0.717, 1.165) is 22.6 Å². The molecule has 0 radical (unpaired) electrons. The summed E-state index contributed by atoms with van der Waals surface area (Å²) in [6, 6.07) is 9.01. The summed E-state index contributed by atoms with van der Waals surface area (Å²) in [5.41, 5.74) is 2.52. The molecule has 1 aromatic heterocycles. The fourth-order valence-corrected chi connectivity index (χ4v) is 1.67. The molecule has 5 nitrogen and oxygen atoms in total. The van der Waals surface area contributed by atoms with Crippen molar-refractivity contribution in [1.29, 1.82) is 0 Å². The van der Waals surface area contributed by atoms with E-state index in [0.29, 0.717) is 6.73 Å². The van der Waals surface area contributed by atoms with Crippen LogP contribution in [0.1, 0.15) is 5.56 Å². The number of nitrogens with one attached hydrogen (secondary N) is 1. The molecule has 0 unspecified atom stereocenters. The van der Waals surface area contributed by atoms with Gasteiger partial charge in [-0.25, -0.2) is 5.10 Å². The summed E-state index contributed by atoms with van der Waals surface area (Å²) in [4.78, 5) is 12.9. The molecule has 2 rings (SSSR count). The first-order chi connectivity index (χ1) is 9.06. The zero-order chi connectivity index (χ0) is 13.8. The molecule has 0 aliphatic carbocycles. The van der Waals surface area contributed by atoms with Gasteiger partial charge in [-0.1, -0.05) is 0 Å². The van der Waals surface area contributed by atoms with E-state index in [2.05, 4.69) is 10.2 Å². The van der Waals surface area contributed by atoms with E-state index in [4.69, 9.17) is 4.74 Å². The van der Waals surface area contributed by atoms with E-state index in [1.165, 1.54) is 6.07 Å². The normalized spacial score (nSPS) is 10.7. The quantitative estimate of drug-likeness (QED) is 0.848. The fraction of sp³-hybridized carbons (Fsp3) is 0.286. The van der Waals surface area contributed by atoms with Gasteiger partial charge in [0.05, 0.1) is 5.69 Å². The third-order valence-corrected chi connectivity index (χ3v) is 2.63. The second kappa shape index (κ2) is 5.67. The summed E-state index contributed by atoms with van der Waals surface area (Å²) in [6.07, 6.45) is 0. The SMILES string of the molecule is Cc1cc(-c2ccc(=O)[nH]n2)ccc1OCN(C)C. The summed E-state index contributed by atoms with van der Waals surface area (Å²) in [5, 5.41) is 6.44. The molecule has 1 aromatic carbocycles. The van der Waals surface area contributed by atoms with Crippen molar-refractivity contribution in [2.24, 2.45) is 0 Å². The molecule has 0 saturated heterocycles. The molecule has 0 atom stereocenters. The Kier molecular flexibility index (Phi) is 3.97. The zero-order valence-corrected chi connectivity index (χ0v) is 11.3. The summed E-state index contributed by atoms with van der Waals surface area (Å²) in [6.45, 7) is 2.53. The third-order valence-electron chi connectivity index (χ3n) is 2.63. The van der Waals surface area contributed by atoms with Crippen LogP contribution in [0.5, 0.6) is 5.75 Å². The van der Waals surface area contributed by atoms with Gasteiger partial charge in [0.2, 0.25) is 0 Å². The van der Waals surface area contributed by atoms with Gasteiger partial charge in [0.25, 0.3) is 5.56 Å². The number of hydrogen-bond donors (Lipinski definition) is 1. The number of aromatic amines is 1. The topological polar surface area (TPSA) is 58.2 Å². The maximum atomic E-state index is 11.0. The van der Waals surface area contributed by atoms with E-state index in [-0.39, 0.29) is 5.56 Å². The number of ether oxygens (including phenoxy) is 1. The van der Waals surface area contributed by atoms with Crippen LogP contribution in [-0.2, 0) is 0 Å². The molecule has 5 heteroatoms. The Morgan fingerprint density at radius 3 is 2.63 bits per heavy atom. The smallest absolute Gasteiger partial charge is 0.264 e. The lowest BCUT2D eigenvalue weighted by atomic mass is 10.1. The molecule has 1 N–H and O–H groups in total. The molecule has 0 bridgehead atoms. The Labute approximate surface area is 111 Å². The largest absolute Gasteiger partial charge is 0.478 e. The van der Waals surface area contributed by atoms with Crippen molar-refractivity contribution in [2.45, 2.75) is 6.92 Å². The van der Waals surface area contributed by atoms with Crippen LogP contribution in [0.3, 0.4) is 0 Å². The van der Waals surface area contributed by atoms with Crippen LogP contribution >= 0.6 is 0 Å². The van der Waals surface area contributed by atoms with Crippen molar-refractivity contribution in [3.63, 3.8) is 0 Å². The highest BCUT2D eigenvalue weighted by molar-refractivity contribution is 5.61. The van der Waals surface area contributed by atoms with Gasteiger partial charge >= 0.3 is 0 Å². The minimum absolute atomic E-state index is 0.202. The van der Waals surface area contributed by atoms with Crippen LogP contribution in [0.15, 0.2) is 35.1 Å². The molecule has 100 valence electrons. The van der Waals surface area contributed by atoms with E-state index in [1.54, 1.807) is 6.07 Å². The van der Waals surface area contributed by atoms with Gasteiger partial charge in [-0.15, -0.1) is 0 Å². The Hall–Kier alpha value is -2.14. The number of aromatic nitrogens is 2. The molecule has 0 aliphatic heterocycles. The summed E-state index contributed by atoms with van der Waals surface area (Å²) < 4.78 is 5.66. The number of nitrogens with zero attached hydrogens (tertiary/aromatic N) is 2. The van der Waals surface area contributed by atoms with Gasteiger partial charge in [-0.05, 0) is 50.8 Å². The van der Waals surface area contributed by atoms with Crippen LogP contribution in [0.2, 0.25) is 0 Å². The molecule has 0 aliphatic rings. The first-order valence-electron chi connectivity index (χ1n) is 6.00. The molecule has 0 fully saturated rings. The average Bonchev–Trinajstić information content (AvgIpc) is 2.38. The summed E-state index contributed by atoms with van der Waals surface area (Å²) >= 11 is 0. The maximum absolute atomic E-state index is 11.0. The van der Waals surface area contributed by atoms with Crippen LogP contribution in [-0.4, -0.2) is 35.9 Å². The number of rotatable bonds is 4. The fourth-order valence-electron chi connectivity index (χ4n) is 1.67. The van der Waals surface area contributed by atoms with Crippen molar-refractivity contribution in [3.8, 4) is 17.0 Å². The molecule has 0 saturated carbocycles. The zero-order valence-electron chi connectivity index (χ0n) is 11.3. The van der Waals surface area contributed by atoms with Crippen molar-refractivity contribution in [2.75, 3.05) is 20.8 Å². The maximum Gasteiger partial charge on any atom is 0.264 e. The summed E-state index contributed by atoms with van der Waals surface area (Å²) in [5.74, 6) is 0.849. The second-order valence-electron chi connectivity index (χ2n) is 4.64. The van der Waals surface area contributed by atoms with Gasteiger partial charge in [-0.2, -0.15) is 5.10 Å². The molecular formula is C14H17N3O2. The first kappa shape index (κ1) is 13.3.